The van der Waals surface area contributed by atoms with E-state index in [9.17, 15) is 9.59 Å². The Balaban J connectivity index is 2.00. The van der Waals surface area contributed by atoms with Gasteiger partial charge in [0.05, 0.1) is 18.8 Å². The lowest BCUT2D eigenvalue weighted by molar-refractivity contribution is -0.133. The standard InChI is InChI=1S/C10H14N4O4/c15-6-7-2-1-3-14(7)9(16)5-13-4-8(10(17)18)11-12-13/h4,7,15H,1-3,5-6H2,(H,17,18). The van der Waals surface area contributed by atoms with Gasteiger partial charge < -0.3 is 15.1 Å². The molecule has 2 heterocycles. The first-order chi connectivity index (χ1) is 8.61. The van der Waals surface area contributed by atoms with E-state index in [1.165, 1.54) is 10.9 Å². The largest absolute Gasteiger partial charge is 0.476 e. The van der Waals surface area contributed by atoms with Gasteiger partial charge in [0, 0.05) is 6.54 Å². The Morgan fingerprint density at radius 1 is 1.50 bits per heavy atom. The Hall–Kier alpha value is -1.96. The lowest BCUT2D eigenvalue weighted by Crippen LogP contribution is -2.39. The molecule has 8 heteroatoms. The van der Waals surface area contributed by atoms with Crippen molar-refractivity contribution in [2.45, 2.75) is 25.4 Å². The predicted molar refractivity (Wildman–Crippen MR) is 58.8 cm³/mol. The molecule has 1 aliphatic rings. The molecule has 1 amide bonds. The zero-order valence-corrected chi connectivity index (χ0v) is 9.69. The van der Waals surface area contributed by atoms with Gasteiger partial charge in [-0.1, -0.05) is 5.21 Å². The van der Waals surface area contributed by atoms with E-state index in [-0.39, 0.29) is 30.8 Å². The fourth-order valence-corrected chi connectivity index (χ4v) is 2.06. The Morgan fingerprint density at radius 2 is 2.28 bits per heavy atom. The maximum Gasteiger partial charge on any atom is 0.358 e. The highest BCUT2D eigenvalue weighted by Crippen LogP contribution is 2.16. The van der Waals surface area contributed by atoms with E-state index in [2.05, 4.69) is 10.3 Å². The van der Waals surface area contributed by atoms with Crippen LogP contribution in [0.1, 0.15) is 23.3 Å². The van der Waals surface area contributed by atoms with Crippen LogP contribution >= 0.6 is 0 Å². The molecule has 1 aliphatic heterocycles. The number of aliphatic hydroxyl groups is 1. The van der Waals surface area contributed by atoms with Gasteiger partial charge in [-0.05, 0) is 12.8 Å². The summed E-state index contributed by atoms with van der Waals surface area (Å²) in [4.78, 5) is 24.2. The van der Waals surface area contributed by atoms with E-state index in [1.54, 1.807) is 4.90 Å². The van der Waals surface area contributed by atoms with Crippen molar-refractivity contribution in [2.24, 2.45) is 0 Å². The molecule has 1 atom stereocenters. The molecule has 1 aromatic rings. The molecule has 8 nitrogen and oxygen atoms in total. The van der Waals surface area contributed by atoms with Crippen molar-refractivity contribution in [3.8, 4) is 0 Å². The van der Waals surface area contributed by atoms with E-state index in [1.807, 2.05) is 0 Å². The van der Waals surface area contributed by atoms with Crippen molar-refractivity contribution in [2.75, 3.05) is 13.2 Å². The maximum absolute atomic E-state index is 11.9. The fraction of sp³-hybridized carbons (Fsp3) is 0.600. The van der Waals surface area contributed by atoms with Gasteiger partial charge in [-0.25, -0.2) is 9.48 Å². The van der Waals surface area contributed by atoms with Crippen molar-refractivity contribution < 1.29 is 19.8 Å². The minimum Gasteiger partial charge on any atom is -0.476 e. The van der Waals surface area contributed by atoms with Crippen LogP contribution in [-0.2, 0) is 11.3 Å². The molecular formula is C10H14N4O4. The number of amides is 1. The van der Waals surface area contributed by atoms with Gasteiger partial charge in [0.15, 0.2) is 5.69 Å². The number of carboxylic acid groups (broad SMARTS) is 1. The third-order valence-electron chi connectivity index (χ3n) is 2.96. The Labute approximate surface area is 103 Å². The number of hydrogen-bond donors (Lipinski definition) is 2. The zero-order valence-electron chi connectivity index (χ0n) is 9.69. The zero-order chi connectivity index (χ0) is 13.1. The molecule has 1 unspecified atom stereocenters. The molecule has 98 valence electrons. The number of carbonyl (C=O) groups excluding carboxylic acids is 1. The molecule has 0 aromatic carbocycles. The number of aromatic carboxylic acids is 1. The van der Waals surface area contributed by atoms with Crippen molar-refractivity contribution in [1.29, 1.82) is 0 Å². The number of aliphatic hydroxyl groups excluding tert-OH is 1. The minimum atomic E-state index is -1.18. The number of hydrogen-bond acceptors (Lipinski definition) is 5. The van der Waals surface area contributed by atoms with Crippen LogP contribution in [0.5, 0.6) is 0 Å². The summed E-state index contributed by atoms with van der Waals surface area (Å²) in [7, 11) is 0. The third kappa shape index (κ3) is 2.48. The monoisotopic (exact) mass is 254 g/mol. The number of carbonyl (C=O) groups is 2. The number of likely N-dealkylation sites (tertiary alicyclic amines) is 1. The van der Waals surface area contributed by atoms with Crippen LogP contribution in [0.25, 0.3) is 0 Å². The van der Waals surface area contributed by atoms with Gasteiger partial charge in [-0.2, -0.15) is 0 Å². The quantitative estimate of drug-likeness (QED) is 0.710. The minimum absolute atomic E-state index is 0.0521. The second kappa shape index (κ2) is 5.13. The van der Waals surface area contributed by atoms with Crippen molar-refractivity contribution in [1.82, 2.24) is 19.9 Å². The summed E-state index contributed by atoms with van der Waals surface area (Å²) in [6.07, 6.45) is 2.87. The highest BCUT2D eigenvalue weighted by atomic mass is 16.4. The molecule has 0 bridgehead atoms. The normalized spacial score (nSPS) is 19.2. The summed E-state index contributed by atoms with van der Waals surface area (Å²) in [5.41, 5.74) is -0.192. The van der Waals surface area contributed by atoms with Crippen LogP contribution in [0.2, 0.25) is 0 Å². The molecule has 0 spiro atoms. The number of carboxylic acids is 1. The first-order valence-corrected chi connectivity index (χ1v) is 5.65. The van der Waals surface area contributed by atoms with Crippen LogP contribution in [0.3, 0.4) is 0 Å². The topological polar surface area (TPSA) is 109 Å². The summed E-state index contributed by atoms with van der Waals surface area (Å²) in [5, 5.41) is 24.8. The van der Waals surface area contributed by atoms with Gasteiger partial charge >= 0.3 is 5.97 Å². The smallest absolute Gasteiger partial charge is 0.358 e. The van der Waals surface area contributed by atoms with Crippen LogP contribution < -0.4 is 0 Å². The first kappa shape index (κ1) is 12.5. The van der Waals surface area contributed by atoms with Gasteiger partial charge in [0.25, 0.3) is 0 Å². The van der Waals surface area contributed by atoms with Crippen LogP contribution in [0, 0.1) is 0 Å². The van der Waals surface area contributed by atoms with E-state index in [0.717, 1.165) is 12.8 Å². The van der Waals surface area contributed by atoms with Crippen LogP contribution in [0.15, 0.2) is 6.20 Å². The van der Waals surface area contributed by atoms with Gasteiger partial charge in [-0.15, -0.1) is 5.10 Å². The third-order valence-corrected chi connectivity index (χ3v) is 2.96. The van der Waals surface area contributed by atoms with Gasteiger partial charge in [-0.3, -0.25) is 4.79 Å². The lowest BCUT2D eigenvalue weighted by Gasteiger charge is -2.22. The summed E-state index contributed by atoms with van der Waals surface area (Å²) < 4.78 is 1.19. The van der Waals surface area contributed by atoms with Crippen LogP contribution in [-0.4, -0.2) is 61.2 Å². The molecule has 2 N–H and O–H groups in total. The number of aromatic nitrogens is 3. The van der Waals surface area contributed by atoms with E-state index < -0.39 is 5.97 Å². The summed E-state index contributed by atoms with van der Waals surface area (Å²) in [6.45, 7) is 0.505. The van der Waals surface area contributed by atoms with E-state index >= 15 is 0 Å². The summed E-state index contributed by atoms with van der Waals surface area (Å²) >= 11 is 0. The number of nitrogens with zero attached hydrogens (tertiary/aromatic N) is 4. The molecule has 0 saturated carbocycles. The fourth-order valence-electron chi connectivity index (χ4n) is 2.06. The number of rotatable bonds is 4. The molecule has 0 aliphatic carbocycles. The molecule has 2 rings (SSSR count). The van der Waals surface area contributed by atoms with Crippen molar-refractivity contribution in [3.05, 3.63) is 11.9 Å². The lowest BCUT2D eigenvalue weighted by atomic mass is 10.2. The average molecular weight is 254 g/mol. The van der Waals surface area contributed by atoms with Crippen molar-refractivity contribution >= 4 is 11.9 Å². The maximum atomic E-state index is 11.9. The van der Waals surface area contributed by atoms with Crippen molar-refractivity contribution in [3.63, 3.8) is 0 Å². The molecule has 18 heavy (non-hydrogen) atoms. The Kier molecular flexibility index (Phi) is 3.56. The SMILES string of the molecule is O=C(O)c1cn(CC(=O)N2CCCC2CO)nn1. The molecular weight excluding hydrogens is 240 g/mol. The van der Waals surface area contributed by atoms with Gasteiger partial charge in [0.1, 0.15) is 6.54 Å². The highest BCUT2D eigenvalue weighted by Gasteiger charge is 2.28. The summed E-state index contributed by atoms with van der Waals surface area (Å²) in [5.74, 6) is -1.36. The Bertz CT molecular complexity index is 458. The molecule has 1 saturated heterocycles. The average Bonchev–Trinajstić information content (AvgIpc) is 2.96. The Morgan fingerprint density at radius 3 is 2.89 bits per heavy atom. The summed E-state index contributed by atoms with van der Waals surface area (Å²) in [6, 6.07) is -0.139. The van der Waals surface area contributed by atoms with E-state index in [0.29, 0.717) is 6.54 Å². The molecule has 1 aromatic heterocycles. The predicted octanol–water partition coefficient (Wildman–Crippen LogP) is -1.04. The first-order valence-electron chi connectivity index (χ1n) is 5.65. The second-order valence-corrected chi connectivity index (χ2v) is 4.17. The highest BCUT2D eigenvalue weighted by molar-refractivity contribution is 5.84. The molecule has 1 fully saturated rings. The van der Waals surface area contributed by atoms with E-state index in [4.69, 9.17) is 10.2 Å². The van der Waals surface area contributed by atoms with Gasteiger partial charge in [0.2, 0.25) is 5.91 Å². The van der Waals surface area contributed by atoms with Crippen LogP contribution in [0.4, 0.5) is 0 Å². The molecule has 0 radical (unpaired) electrons. The second-order valence-electron chi connectivity index (χ2n) is 4.17.